The predicted octanol–water partition coefficient (Wildman–Crippen LogP) is 6.22. The number of aliphatic carboxylic acids is 1. The Morgan fingerprint density at radius 3 is 2.59 bits per heavy atom. The van der Waals surface area contributed by atoms with E-state index in [0.717, 1.165) is 17.2 Å². The number of fused-ring (bicyclic) bond motifs is 3. The number of alkyl halides is 2. The topological polar surface area (TPSA) is 88.9 Å². The molecule has 39 heavy (non-hydrogen) atoms. The first-order chi connectivity index (χ1) is 18.4. The van der Waals surface area contributed by atoms with Crippen LogP contribution in [0, 0.1) is 24.6 Å². The van der Waals surface area contributed by atoms with Crippen molar-refractivity contribution < 1.29 is 37.7 Å². The van der Waals surface area contributed by atoms with Crippen molar-refractivity contribution in [3.63, 3.8) is 0 Å². The molecular weight excluding hydrogens is 511 g/mol. The average molecular weight is 542 g/mol. The number of nitrogens with zero attached hydrogens (tertiary/aromatic N) is 1. The molecular formula is C30H30F3NO5. The number of benzene rings is 2. The Labute approximate surface area is 224 Å². The third-order valence-electron chi connectivity index (χ3n) is 7.57. The molecule has 0 aliphatic heterocycles. The molecule has 9 heteroatoms. The molecule has 3 atom stereocenters. The van der Waals surface area contributed by atoms with Crippen LogP contribution in [0.2, 0.25) is 0 Å². The highest BCUT2D eigenvalue weighted by atomic mass is 19.3. The van der Waals surface area contributed by atoms with Gasteiger partial charge in [0.2, 0.25) is 5.88 Å². The van der Waals surface area contributed by atoms with Gasteiger partial charge in [0.1, 0.15) is 18.2 Å². The van der Waals surface area contributed by atoms with Crippen LogP contribution in [0.4, 0.5) is 13.2 Å². The number of aromatic nitrogens is 1. The quantitative estimate of drug-likeness (QED) is 0.317. The monoisotopic (exact) mass is 541 g/mol. The summed E-state index contributed by atoms with van der Waals surface area (Å²) in [6.45, 7) is 5.22. The van der Waals surface area contributed by atoms with Gasteiger partial charge in [0.05, 0.1) is 18.1 Å². The number of hydrogen-bond donors (Lipinski definition) is 2. The van der Waals surface area contributed by atoms with Gasteiger partial charge in [0.25, 0.3) is 6.43 Å². The lowest BCUT2D eigenvalue weighted by atomic mass is 9.94. The molecule has 2 aromatic carbocycles. The van der Waals surface area contributed by atoms with Crippen molar-refractivity contribution in [1.29, 1.82) is 0 Å². The van der Waals surface area contributed by atoms with Crippen molar-refractivity contribution in [1.82, 2.24) is 4.98 Å². The number of ether oxygens (including phenoxy) is 2. The van der Waals surface area contributed by atoms with E-state index < -0.39 is 29.4 Å². The van der Waals surface area contributed by atoms with Gasteiger partial charge < -0.3 is 19.7 Å². The first-order valence-electron chi connectivity index (χ1n) is 12.8. The lowest BCUT2D eigenvalue weighted by Gasteiger charge is -2.18. The Morgan fingerprint density at radius 2 is 1.92 bits per heavy atom. The summed E-state index contributed by atoms with van der Waals surface area (Å²) >= 11 is 0. The Kier molecular flexibility index (Phi) is 7.05. The zero-order valence-electron chi connectivity index (χ0n) is 21.9. The van der Waals surface area contributed by atoms with Crippen LogP contribution in [0.3, 0.4) is 0 Å². The second-order valence-corrected chi connectivity index (χ2v) is 11.0. The molecule has 2 N–H and O–H groups in total. The molecule has 1 unspecified atom stereocenters. The Morgan fingerprint density at radius 1 is 1.15 bits per heavy atom. The minimum atomic E-state index is -2.88. The van der Waals surface area contributed by atoms with Gasteiger partial charge in [-0.05, 0) is 85.2 Å². The highest BCUT2D eigenvalue weighted by molar-refractivity contribution is 5.77. The molecule has 206 valence electrons. The molecule has 0 spiro atoms. The lowest BCUT2D eigenvalue weighted by molar-refractivity contribution is -0.139. The van der Waals surface area contributed by atoms with Crippen LogP contribution in [0.25, 0.3) is 11.1 Å². The van der Waals surface area contributed by atoms with Crippen LogP contribution >= 0.6 is 0 Å². The number of pyridine rings is 1. The second kappa shape index (κ2) is 10.2. The van der Waals surface area contributed by atoms with Crippen molar-refractivity contribution in [2.45, 2.75) is 58.2 Å². The molecule has 0 radical (unpaired) electrons. The van der Waals surface area contributed by atoms with Crippen molar-refractivity contribution in [3.05, 3.63) is 76.2 Å². The van der Waals surface area contributed by atoms with Gasteiger partial charge in [0.15, 0.2) is 0 Å². The normalized spacial score (nSPS) is 19.5. The Bertz CT molecular complexity index is 1420. The molecule has 0 saturated heterocycles. The summed E-state index contributed by atoms with van der Waals surface area (Å²) < 4.78 is 54.1. The van der Waals surface area contributed by atoms with Crippen molar-refractivity contribution in [3.8, 4) is 22.8 Å². The number of halogens is 3. The minimum Gasteiger partial charge on any atom is -0.493 e. The summed E-state index contributed by atoms with van der Waals surface area (Å²) in [5.41, 5.74) is 2.10. The van der Waals surface area contributed by atoms with Crippen molar-refractivity contribution >= 4 is 5.97 Å². The van der Waals surface area contributed by atoms with E-state index >= 15 is 0 Å². The number of carboxylic acid groups (broad SMARTS) is 1. The molecule has 3 aromatic rings. The summed E-state index contributed by atoms with van der Waals surface area (Å²) in [4.78, 5) is 15.6. The van der Waals surface area contributed by atoms with E-state index in [0.29, 0.717) is 36.3 Å². The van der Waals surface area contributed by atoms with Crippen LogP contribution < -0.4 is 9.47 Å². The highest BCUT2D eigenvalue weighted by Crippen LogP contribution is 2.61. The predicted molar refractivity (Wildman–Crippen MR) is 138 cm³/mol. The largest absolute Gasteiger partial charge is 0.493 e. The van der Waals surface area contributed by atoms with E-state index in [9.17, 15) is 28.2 Å². The van der Waals surface area contributed by atoms with E-state index in [1.807, 2.05) is 0 Å². The SMILES string of the molecule is Cc1cc(OCCC(C)(C)O)ccc1-c1cc(COc2cc3c(cn2)[C@@H]2C(C(=O)O)[C@@H]2C3)c(F)cc1C(F)F. The summed E-state index contributed by atoms with van der Waals surface area (Å²) in [5, 5.41) is 19.1. The van der Waals surface area contributed by atoms with Gasteiger partial charge in [-0.1, -0.05) is 6.07 Å². The lowest BCUT2D eigenvalue weighted by Crippen LogP contribution is -2.21. The first-order valence-corrected chi connectivity index (χ1v) is 12.8. The summed E-state index contributed by atoms with van der Waals surface area (Å²) in [7, 11) is 0. The fourth-order valence-corrected chi connectivity index (χ4v) is 5.44. The highest BCUT2D eigenvalue weighted by Gasteiger charge is 2.59. The Balaban J connectivity index is 1.34. The molecule has 1 heterocycles. The number of carboxylic acids is 1. The maximum Gasteiger partial charge on any atom is 0.307 e. The van der Waals surface area contributed by atoms with Crippen molar-refractivity contribution in [2.24, 2.45) is 11.8 Å². The molecule has 1 aromatic heterocycles. The van der Waals surface area contributed by atoms with E-state index in [-0.39, 0.29) is 41.4 Å². The fourth-order valence-electron chi connectivity index (χ4n) is 5.44. The maximum absolute atomic E-state index is 14.9. The first kappa shape index (κ1) is 27.0. The third-order valence-corrected chi connectivity index (χ3v) is 7.57. The summed E-state index contributed by atoms with van der Waals surface area (Å²) in [5.74, 6) is -1.07. The molecule has 2 aliphatic rings. The molecule has 1 fully saturated rings. The van der Waals surface area contributed by atoms with Gasteiger partial charge in [-0.2, -0.15) is 0 Å². The number of aliphatic hydroxyl groups is 1. The van der Waals surface area contributed by atoms with Crippen LogP contribution in [-0.2, 0) is 17.8 Å². The standard InChI is InChI=1S/C30H30F3NO5/c1-15-8-18(38-7-6-30(2,3)37)4-5-19(15)20-10-17(24(31)12-21(20)28(32)33)14-39-25-11-16-9-22-26(23(16)13-34-25)27(22)29(35)36/h4-5,8,10-13,22,26-28,37H,6-7,9,14H2,1-3H3,(H,35,36)/t22-,26-,27?/m1/s1. The van der Waals surface area contributed by atoms with Gasteiger partial charge in [0, 0.05) is 35.7 Å². The van der Waals surface area contributed by atoms with Crippen LogP contribution in [0.1, 0.15) is 60.4 Å². The van der Waals surface area contributed by atoms with Crippen LogP contribution in [0.15, 0.2) is 42.6 Å². The third kappa shape index (κ3) is 5.59. The van der Waals surface area contributed by atoms with Crippen LogP contribution in [-0.4, -0.2) is 33.4 Å². The molecule has 1 saturated carbocycles. The van der Waals surface area contributed by atoms with E-state index in [4.69, 9.17) is 9.47 Å². The number of carbonyl (C=O) groups is 1. The number of aryl methyl sites for hydroxylation is 1. The molecule has 0 bridgehead atoms. The maximum atomic E-state index is 14.9. The fraction of sp³-hybridized carbons (Fsp3) is 0.400. The molecule has 2 aliphatic carbocycles. The minimum absolute atomic E-state index is 0.0116. The second-order valence-electron chi connectivity index (χ2n) is 11.0. The zero-order chi connectivity index (χ0) is 28.1. The molecule has 6 nitrogen and oxygen atoms in total. The van der Waals surface area contributed by atoms with Gasteiger partial charge >= 0.3 is 5.97 Å². The summed E-state index contributed by atoms with van der Waals surface area (Å²) in [6.07, 6.45) is -0.206. The van der Waals surface area contributed by atoms with Crippen LogP contribution in [0.5, 0.6) is 11.6 Å². The summed E-state index contributed by atoms with van der Waals surface area (Å²) in [6, 6.07) is 9.02. The van der Waals surface area contributed by atoms with Crippen molar-refractivity contribution in [2.75, 3.05) is 6.61 Å². The average Bonchev–Trinajstić information content (AvgIpc) is 3.45. The molecule has 0 amide bonds. The van der Waals surface area contributed by atoms with E-state index in [1.165, 1.54) is 6.07 Å². The number of rotatable bonds is 10. The number of hydrogen-bond acceptors (Lipinski definition) is 5. The zero-order valence-corrected chi connectivity index (χ0v) is 21.9. The van der Waals surface area contributed by atoms with Gasteiger partial charge in [-0.3, -0.25) is 4.79 Å². The molecule has 5 rings (SSSR count). The smallest absolute Gasteiger partial charge is 0.307 e. The van der Waals surface area contributed by atoms with E-state index in [1.54, 1.807) is 51.2 Å². The van der Waals surface area contributed by atoms with Gasteiger partial charge in [-0.15, -0.1) is 0 Å². The van der Waals surface area contributed by atoms with Gasteiger partial charge in [-0.25, -0.2) is 18.2 Å². The van der Waals surface area contributed by atoms with E-state index in [2.05, 4.69) is 4.98 Å². The Hall–Kier alpha value is -3.59.